The van der Waals surface area contributed by atoms with Crippen LogP contribution >= 0.6 is 0 Å². The molecule has 0 heterocycles. The van der Waals surface area contributed by atoms with Gasteiger partial charge in [-0.2, -0.15) is 0 Å². The van der Waals surface area contributed by atoms with E-state index in [0.29, 0.717) is 25.7 Å². The lowest BCUT2D eigenvalue weighted by Gasteiger charge is -2.21. The highest BCUT2D eigenvalue weighted by molar-refractivity contribution is 5.86. The number of amides is 2. The van der Waals surface area contributed by atoms with Crippen LogP contribution in [0.15, 0.2) is 55.6 Å². The molecule has 7 heteroatoms. The highest BCUT2D eigenvalue weighted by Gasteiger charge is 2.23. The van der Waals surface area contributed by atoms with Crippen LogP contribution in [0.4, 0.5) is 0 Å². The average Bonchev–Trinajstić information content (AvgIpc) is 2.77. The predicted octanol–water partition coefficient (Wildman–Crippen LogP) is 2.69. The number of hydrogen-bond donors (Lipinski definition) is 3. The molecule has 3 N–H and O–H groups in total. The normalized spacial score (nSPS) is 13.3. The molecule has 0 fully saturated rings. The van der Waals surface area contributed by atoms with Crippen molar-refractivity contribution in [1.82, 2.24) is 10.6 Å². The molecule has 0 aliphatic rings. The first-order valence-electron chi connectivity index (χ1n) is 11.0. The molecule has 0 aliphatic carbocycles. The molecule has 0 radical (unpaired) electrons. The molecule has 0 saturated carbocycles. The van der Waals surface area contributed by atoms with E-state index in [1.165, 1.54) is 0 Å². The molecule has 0 aliphatic heterocycles. The van der Waals surface area contributed by atoms with Crippen molar-refractivity contribution in [1.29, 1.82) is 0 Å². The Labute approximate surface area is 190 Å². The van der Waals surface area contributed by atoms with Crippen LogP contribution in [0.1, 0.15) is 44.6 Å². The Balaban J connectivity index is 2.51. The van der Waals surface area contributed by atoms with Crippen molar-refractivity contribution in [2.75, 3.05) is 13.2 Å². The molecule has 0 saturated heterocycles. The van der Waals surface area contributed by atoms with E-state index in [1.54, 1.807) is 19.1 Å². The monoisotopic (exact) mass is 444 g/mol. The SMILES string of the molecule is C=CCCCC(=O)OC[C@H](C)NC(=O)[C@H](CC=C)CC(=O)N[C@@H](CO)Cc1ccccc1. The van der Waals surface area contributed by atoms with Gasteiger partial charge >= 0.3 is 5.97 Å². The zero-order chi connectivity index (χ0) is 23.8. The van der Waals surface area contributed by atoms with Gasteiger partial charge in [0.1, 0.15) is 6.61 Å². The third-order valence-electron chi connectivity index (χ3n) is 4.84. The summed E-state index contributed by atoms with van der Waals surface area (Å²) in [4.78, 5) is 36.8. The van der Waals surface area contributed by atoms with Gasteiger partial charge in [0.25, 0.3) is 0 Å². The number of nitrogens with one attached hydrogen (secondary N) is 2. The van der Waals surface area contributed by atoms with Gasteiger partial charge in [-0.3, -0.25) is 14.4 Å². The van der Waals surface area contributed by atoms with Gasteiger partial charge in [0.2, 0.25) is 11.8 Å². The molecular weight excluding hydrogens is 408 g/mol. The van der Waals surface area contributed by atoms with E-state index in [1.807, 2.05) is 30.3 Å². The standard InChI is InChI=1S/C25H36N2O5/c1-4-6-8-14-24(30)32-18-19(3)26-25(31)21(11-5-2)16-23(29)27-22(17-28)15-20-12-9-7-10-13-20/h4-5,7,9-10,12-13,19,21-22,28H,1-2,6,8,11,14-18H2,3H3,(H,26,31)(H,27,29)/t19-,21+,22+/m0/s1. The maximum absolute atomic E-state index is 12.6. The summed E-state index contributed by atoms with van der Waals surface area (Å²) in [5, 5.41) is 15.2. The predicted molar refractivity (Wildman–Crippen MR) is 125 cm³/mol. The summed E-state index contributed by atoms with van der Waals surface area (Å²) < 4.78 is 5.18. The van der Waals surface area contributed by atoms with E-state index < -0.39 is 12.0 Å². The third kappa shape index (κ3) is 11.5. The molecule has 176 valence electrons. The number of carbonyl (C=O) groups is 3. The minimum Gasteiger partial charge on any atom is -0.464 e. The number of ether oxygens (including phenoxy) is 1. The highest BCUT2D eigenvalue weighted by atomic mass is 16.5. The number of hydrogen-bond acceptors (Lipinski definition) is 5. The molecule has 3 atom stereocenters. The Morgan fingerprint density at radius 2 is 1.84 bits per heavy atom. The number of esters is 1. The van der Waals surface area contributed by atoms with E-state index in [-0.39, 0.29) is 43.5 Å². The number of rotatable bonds is 16. The third-order valence-corrected chi connectivity index (χ3v) is 4.84. The van der Waals surface area contributed by atoms with Crippen LogP contribution in [0.5, 0.6) is 0 Å². The summed E-state index contributed by atoms with van der Waals surface area (Å²) in [6, 6.07) is 8.74. The van der Waals surface area contributed by atoms with Crippen LogP contribution in [0.2, 0.25) is 0 Å². The summed E-state index contributed by atoms with van der Waals surface area (Å²) in [6.45, 7) is 8.88. The van der Waals surface area contributed by atoms with Gasteiger partial charge in [-0.1, -0.05) is 42.5 Å². The first-order chi connectivity index (χ1) is 15.4. The smallest absolute Gasteiger partial charge is 0.305 e. The Hall–Kier alpha value is -2.93. The number of aliphatic hydroxyl groups excluding tert-OH is 1. The zero-order valence-corrected chi connectivity index (χ0v) is 18.9. The van der Waals surface area contributed by atoms with Gasteiger partial charge < -0.3 is 20.5 Å². The van der Waals surface area contributed by atoms with Crippen LogP contribution in [0, 0.1) is 5.92 Å². The molecule has 1 aromatic carbocycles. The lowest BCUT2D eigenvalue weighted by Crippen LogP contribution is -2.44. The van der Waals surface area contributed by atoms with Gasteiger partial charge in [0, 0.05) is 12.8 Å². The van der Waals surface area contributed by atoms with E-state index in [0.717, 1.165) is 12.0 Å². The van der Waals surface area contributed by atoms with Crippen molar-refractivity contribution in [2.45, 2.75) is 57.5 Å². The summed E-state index contributed by atoms with van der Waals surface area (Å²) in [5.41, 5.74) is 1.00. The van der Waals surface area contributed by atoms with Crippen LogP contribution in [-0.4, -0.2) is 48.2 Å². The lowest BCUT2D eigenvalue weighted by atomic mass is 9.98. The minimum absolute atomic E-state index is 0.0306. The number of unbranched alkanes of at least 4 members (excludes halogenated alkanes) is 1. The van der Waals surface area contributed by atoms with Gasteiger partial charge in [-0.15, -0.1) is 13.2 Å². The van der Waals surface area contributed by atoms with Crippen LogP contribution in [0.25, 0.3) is 0 Å². The Kier molecular flexibility index (Phi) is 13.4. The van der Waals surface area contributed by atoms with Crippen molar-refractivity contribution in [3.63, 3.8) is 0 Å². The van der Waals surface area contributed by atoms with E-state index in [2.05, 4.69) is 23.8 Å². The quantitative estimate of drug-likeness (QED) is 0.207. The second-order valence-electron chi connectivity index (χ2n) is 7.84. The number of benzene rings is 1. The first kappa shape index (κ1) is 27.1. The highest BCUT2D eigenvalue weighted by Crippen LogP contribution is 2.11. The van der Waals surface area contributed by atoms with Gasteiger partial charge in [-0.25, -0.2) is 0 Å². The van der Waals surface area contributed by atoms with Crippen LogP contribution in [0.3, 0.4) is 0 Å². The summed E-state index contributed by atoms with van der Waals surface area (Å²) in [6.07, 6.45) is 5.87. The van der Waals surface area contributed by atoms with E-state index >= 15 is 0 Å². The first-order valence-corrected chi connectivity index (χ1v) is 11.0. The summed E-state index contributed by atoms with van der Waals surface area (Å²) in [5.74, 6) is -1.54. The second-order valence-corrected chi connectivity index (χ2v) is 7.84. The van der Waals surface area contributed by atoms with E-state index in [4.69, 9.17) is 4.74 Å². The molecule has 32 heavy (non-hydrogen) atoms. The maximum atomic E-state index is 12.6. The van der Waals surface area contributed by atoms with Gasteiger partial charge in [0.15, 0.2) is 0 Å². The fraction of sp³-hybridized carbons (Fsp3) is 0.480. The Morgan fingerprint density at radius 1 is 1.12 bits per heavy atom. The maximum Gasteiger partial charge on any atom is 0.305 e. The zero-order valence-electron chi connectivity index (χ0n) is 18.9. The molecule has 7 nitrogen and oxygen atoms in total. The van der Waals surface area contributed by atoms with Crippen molar-refractivity contribution < 1.29 is 24.2 Å². The minimum atomic E-state index is -0.602. The topological polar surface area (TPSA) is 105 Å². The number of allylic oxidation sites excluding steroid dienone is 2. The average molecular weight is 445 g/mol. The molecule has 0 unspecified atom stereocenters. The Morgan fingerprint density at radius 3 is 2.47 bits per heavy atom. The molecule has 1 rings (SSSR count). The number of aliphatic hydroxyl groups is 1. The molecule has 2 amide bonds. The Bertz CT molecular complexity index is 735. The molecule has 0 bridgehead atoms. The molecule has 1 aromatic rings. The number of carbonyl (C=O) groups excluding carboxylic acids is 3. The van der Waals surface area contributed by atoms with Crippen LogP contribution in [-0.2, 0) is 25.5 Å². The largest absolute Gasteiger partial charge is 0.464 e. The second kappa shape index (κ2) is 15.8. The summed E-state index contributed by atoms with van der Waals surface area (Å²) >= 11 is 0. The van der Waals surface area contributed by atoms with E-state index in [9.17, 15) is 19.5 Å². The van der Waals surface area contributed by atoms with Crippen molar-refractivity contribution >= 4 is 17.8 Å². The van der Waals surface area contributed by atoms with Crippen molar-refractivity contribution in [2.24, 2.45) is 5.92 Å². The summed E-state index contributed by atoms with van der Waals surface area (Å²) in [7, 11) is 0. The molecule has 0 aromatic heterocycles. The fourth-order valence-electron chi connectivity index (χ4n) is 3.14. The van der Waals surface area contributed by atoms with Gasteiger partial charge in [-0.05, 0) is 38.2 Å². The van der Waals surface area contributed by atoms with Crippen molar-refractivity contribution in [3.8, 4) is 0 Å². The van der Waals surface area contributed by atoms with Crippen molar-refractivity contribution in [3.05, 3.63) is 61.2 Å². The fourth-order valence-corrected chi connectivity index (χ4v) is 3.14. The lowest BCUT2D eigenvalue weighted by molar-refractivity contribution is -0.145. The van der Waals surface area contributed by atoms with Crippen LogP contribution < -0.4 is 10.6 Å². The molecule has 0 spiro atoms. The van der Waals surface area contributed by atoms with Gasteiger partial charge in [0.05, 0.1) is 24.6 Å². The molecular formula is C25H36N2O5.